The highest BCUT2D eigenvalue weighted by Gasteiger charge is 2.40. The molecule has 0 atom stereocenters. The number of hydrogen-bond acceptors (Lipinski definition) is 3. The molecule has 1 aromatic rings. The van der Waals surface area contributed by atoms with Gasteiger partial charge in [-0.05, 0) is 18.6 Å². The Kier molecular flexibility index (Phi) is 3.81. The molecule has 2 fully saturated rings. The van der Waals surface area contributed by atoms with Crippen molar-refractivity contribution in [2.24, 2.45) is 7.05 Å². The topological polar surface area (TPSA) is 43.7 Å². The number of likely N-dealkylation sites (tertiary alicyclic amines) is 1. The number of rotatable bonds is 3. The van der Waals surface area contributed by atoms with Crippen LogP contribution in [0.1, 0.15) is 25.0 Å². The van der Waals surface area contributed by atoms with Crippen LogP contribution < -0.4 is 0 Å². The van der Waals surface area contributed by atoms with Crippen LogP contribution >= 0.6 is 0 Å². The summed E-state index contributed by atoms with van der Waals surface area (Å²) in [4.78, 5) is 14.2. The van der Waals surface area contributed by atoms with Gasteiger partial charge in [-0.25, -0.2) is 0 Å². The van der Waals surface area contributed by atoms with Crippen molar-refractivity contribution in [3.63, 3.8) is 0 Å². The van der Waals surface area contributed by atoms with Gasteiger partial charge >= 0.3 is 0 Å². The molecule has 0 radical (unpaired) electrons. The Morgan fingerprint density at radius 1 is 1.30 bits per heavy atom. The molecule has 3 rings (SSSR count). The zero-order chi connectivity index (χ0) is 14.0. The van der Waals surface area contributed by atoms with Gasteiger partial charge in [-0.2, -0.15) is 0 Å². The molecule has 0 bridgehead atoms. The van der Waals surface area contributed by atoms with E-state index in [4.69, 9.17) is 9.47 Å². The van der Waals surface area contributed by atoms with Gasteiger partial charge in [-0.1, -0.05) is 0 Å². The predicted octanol–water partition coefficient (Wildman–Crippen LogP) is 1.32. The Morgan fingerprint density at radius 3 is 2.60 bits per heavy atom. The number of carbonyl (C=O) groups excluding carboxylic acids is 1. The van der Waals surface area contributed by atoms with Gasteiger partial charge in [0.05, 0.1) is 13.2 Å². The van der Waals surface area contributed by atoms with Gasteiger partial charge in [-0.3, -0.25) is 4.79 Å². The van der Waals surface area contributed by atoms with Crippen molar-refractivity contribution < 1.29 is 14.3 Å². The van der Waals surface area contributed by atoms with Crippen LogP contribution in [-0.2, 0) is 27.7 Å². The van der Waals surface area contributed by atoms with Crippen LogP contribution in [0.5, 0.6) is 0 Å². The summed E-state index contributed by atoms with van der Waals surface area (Å²) in [6.07, 6.45) is 4.98. The van der Waals surface area contributed by atoms with Crippen molar-refractivity contribution in [2.45, 2.75) is 31.5 Å². The van der Waals surface area contributed by atoms with E-state index in [1.54, 1.807) is 0 Å². The molecule has 2 aliphatic rings. The average molecular weight is 278 g/mol. The molecule has 1 amide bonds. The normalized spacial score (nSPS) is 21.6. The summed E-state index contributed by atoms with van der Waals surface area (Å²) >= 11 is 0. The van der Waals surface area contributed by atoms with Gasteiger partial charge in [0.1, 0.15) is 0 Å². The lowest BCUT2D eigenvalue weighted by molar-refractivity contribution is -0.187. The smallest absolute Gasteiger partial charge is 0.222 e. The van der Waals surface area contributed by atoms with E-state index in [1.807, 2.05) is 24.2 Å². The zero-order valence-corrected chi connectivity index (χ0v) is 12.0. The fourth-order valence-corrected chi connectivity index (χ4v) is 3.03. The summed E-state index contributed by atoms with van der Waals surface area (Å²) in [5.74, 6) is -0.159. The minimum absolute atomic E-state index is 0.235. The molecular formula is C15H22N2O3. The Hall–Kier alpha value is -1.33. The highest BCUT2D eigenvalue weighted by molar-refractivity contribution is 5.76. The Labute approximate surface area is 119 Å². The molecule has 110 valence electrons. The first-order chi connectivity index (χ1) is 9.69. The molecule has 5 nitrogen and oxygen atoms in total. The first kappa shape index (κ1) is 13.6. The summed E-state index contributed by atoms with van der Waals surface area (Å²) in [6, 6.07) is 4.08. The van der Waals surface area contributed by atoms with Crippen LogP contribution in [0.3, 0.4) is 0 Å². The van der Waals surface area contributed by atoms with Gasteiger partial charge in [-0.15, -0.1) is 0 Å². The number of amides is 1. The van der Waals surface area contributed by atoms with Crippen molar-refractivity contribution in [2.75, 3.05) is 26.3 Å². The van der Waals surface area contributed by atoms with E-state index in [0.29, 0.717) is 19.6 Å². The summed E-state index contributed by atoms with van der Waals surface area (Å²) in [6.45, 7) is 2.85. The van der Waals surface area contributed by atoms with Crippen LogP contribution in [0.4, 0.5) is 0 Å². The number of aromatic nitrogens is 1. The monoisotopic (exact) mass is 278 g/mol. The van der Waals surface area contributed by atoms with Gasteiger partial charge in [0.2, 0.25) is 5.91 Å². The van der Waals surface area contributed by atoms with Gasteiger partial charge in [0, 0.05) is 51.3 Å². The predicted molar refractivity (Wildman–Crippen MR) is 74.2 cm³/mol. The highest BCUT2D eigenvalue weighted by atomic mass is 16.7. The molecule has 3 heterocycles. The van der Waals surface area contributed by atoms with E-state index >= 15 is 0 Å². The lowest BCUT2D eigenvalue weighted by Gasteiger charge is -2.37. The number of ether oxygens (including phenoxy) is 2. The number of nitrogens with zero attached hydrogens (tertiary/aromatic N) is 2. The minimum Gasteiger partial charge on any atom is -0.354 e. The molecule has 0 unspecified atom stereocenters. The summed E-state index contributed by atoms with van der Waals surface area (Å²) < 4.78 is 13.4. The molecule has 0 saturated carbocycles. The van der Waals surface area contributed by atoms with Gasteiger partial charge in [0.15, 0.2) is 5.79 Å². The molecule has 20 heavy (non-hydrogen) atoms. The van der Waals surface area contributed by atoms with Crippen molar-refractivity contribution >= 4 is 5.91 Å². The van der Waals surface area contributed by atoms with Crippen LogP contribution in [0.25, 0.3) is 0 Å². The third-order valence-corrected chi connectivity index (χ3v) is 4.34. The van der Waals surface area contributed by atoms with E-state index in [-0.39, 0.29) is 5.91 Å². The molecule has 5 heteroatoms. The fraction of sp³-hybridized carbons (Fsp3) is 0.667. The SMILES string of the molecule is Cn1cccc1CCC(=O)N1CCC2(CC1)OCCO2. The lowest BCUT2D eigenvalue weighted by Crippen LogP contribution is -2.47. The van der Waals surface area contributed by atoms with Crippen molar-refractivity contribution in [3.8, 4) is 0 Å². The fourth-order valence-electron chi connectivity index (χ4n) is 3.03. The molecule has 1 spiro atoms. The second-order valence-electron chi connectivity index (χ2n) is 5.60. The lowest BCUT2D eigenvalue weighted by atomic mass is 10.0. The Bertz CT molecular complexity index is 467. The largest absolute Gasteiger partial charge is 0.354 e. The van der Waals surface area contributed by atoms with Crippen LogP contribution in [-0.4, -0.2) is 47.5 Å². The van der Waals surface area contributed by atoms with E-state index in [9.17, 15) is 4.79 Å². The Morgan fingerprint density at radius 2 is 2.00 bits per heavy atom. The van der Waals surface area contributed by atoms with Crippen molar-refractivity contribution in [1.82, 2.24) is 9.47 Å². The standard InChI is InChI=1S/C15H22N2O3/c1-16-8-2-3-13(16)4-5-14(18)17-9-6-15(7-10-17)19-11-12-20-15/h2-3,8H,4-7,9-12H2,1H3. The molecule has 0 aliphatic carbocycles. The van der Waals surface area contributed by atoms with Crippen LogP contribution in [0, 0.1) is 0 Å². The van der Waals surface area contributed by atoms with Crippen LogP contribution in [0.15, 0.2) is 18.3 Å². The maximum absolute atomic E-state index is 12.2. The van der Waals surface area contributed by atoms with E-state index in [1.165, 1.54) is 5.69 Å². The number of piperidine rings is 1. The van der Waals surface area contributed by atoms with Crippen molar-refractivity contribution in [1.29, 1.82) is 0 Å². The highest BCUT2D eigenvalue weighted by Crippen LogP contribution is 2.31. The molecule has 2 aliphatic heterocycles. The maximum Gasteiger partial charge on any atom is 0.222 e. The first-order valence-corrected chi connectivity index (χ1v) is 7.34. The zero-order valence-electron chi connectivity index (χ0n) is 12.0. The van der Waals surface area contributed by atoms with E-state index in [0.717, 1.165) is 32.4 Å². The number of aryl methyl sites for hydroxylation is 2. The number of hydrogen-bond donors (Lipinski definition) is 0. The first-order valence-electron chi connectivity index (χ1n) is 7.34. The van der Waals surface area contributed by atoms with Gasteiger partial charge < -0.3 is 18.9 Å². The summed E-state index contributed by atoms with van der Waals surface area (Å²) in [5, 5.41) is 0. The average Bonchev–Trinajstić information content (AvgIpc) is 3.07. The molecule has 0 aromatic carbocycles. The summed E-state index contributed by atoms with van der Waals surface area (Å²) in [5.41, 5.74) is 1.20. The minimum atomic E-state index is -0.394. The molecular weight excluding hydrogens is 256 g/mol. The Balaban J connectivity index is 1.48. The maximum atomic E-state index is 12.2. The van der Waals surface area contributed by atoms with Crippen LogP contribution in [0.2, 0.25) is 0 Å². The molecule has 1 aromatic heterocycles. The van der Waals surface area contributed by atoms with Gasteiger partial charge in [0.25, 0.3) is 0 Å². The number of carbonyl (C=O) groups is 1. The third kappa shape index (κ3) is 2.74. The van der Waals surface area contributed by atoms with E-state index in [2.05, 4.69) is 10.6 Å². The van der Waals surface area contributed by atoms with E-state index < -0.39 is 5.79 Å². The second-order valence-corrected chi connectivity index (χ2v) is 5.60. The van der Waals surface area contributed by atoms with Crippen molar-refractivity contribution in [3.05, 3.63) is 24.0 Å². The molecule has 2 saturated heterocycles. The molecule has 0 N–H and O–H groups in total. The third-order valence-electron chi connectivity index (χ3n) is 4.34. The quantitative estimate of drug-likeness (QED) is 0.837. The second kappa shape index (κ2) is 5.58. The summed E-state index contributed by atoms with van der Waals surface area (Å²) in [7, 11) is 2.01.